The zero-order chi connectivity index (χ0) is 26.5. The summed E-state index contributed by atoms with van der Waals surface area (Å²) in [6.45, 7) is 9.13. The molecule has 5 aromatic rings. The first-order valence-corrected chi connectivity index (χ1v) is 14.4. The number of likely N-dealkylation sites (tertiary alicyclic amines) is 1. The van der Waals surface area contributed by atoms with Gasteiger partial charge in [-0.1, -0.05) is 30.3 Å². The maximum atomic E-state index is 9.88. The van der Waals surface area contributed by atoms with Crippen molar-refractivity contribution in [3.63, 3.8) is 0 Å². The van der Waals surface area contributed by atoms with Crippen LogP contribution in [0, 0.1) is 25.2 Å². The molecule has 0 atom stereocenters. The van der Waals surface area contributed by atoms with E-state index in [9.17, 15) is 5.26 Å². The standard InChI is InChI=1S/C32H29N5OS/c1-19-23(24-8-6-10-26(20(24)2)32-36-28-16-34-17-29(28)39-32)7-5-9-25(19)31-35-27-14-21(18-37-11-3-4-12-37)13-22(15-33)30(27)38-31/h5-10,13-14,34H,3-4,11-12,16-18H2,1-2H3. The molecule has 0 aliphatic carbocycles. The van der Waals surface area contributed by atoms with Crippen molar-refractivity contribution in [2.75, 3.05) is 13.1 Å². The molecule has 6 nitrogen and oxygen atoms in total. The zero-order valence-corrected chi connectivity index (χ0v) is 23.0. The lowest BCUT2D eigenvalue weighted by Crippen LogP contribution is -2.18. The lowest BCUT2D eigenvalue weighted by Gasteiger charge is -2.14. The Kier molecular flexibility index (Phi) is 6.04. The first-order chi connectivity index (χ1) is 19.1. The highest BCUT2D eigenvalue weighted by molar-refractivity contribution is 7.15. The van der Waals surface area contributed by atoms with Gasteiger partial charge in [0, 0.05) is 35.6 Å². The highest BCUT2D eigenvalue weighted by Crippen LogP contribution is 2.39. The van der Waals surface area contributed by atoms with Gasteiger partial charge in [0.05, 0.1) is 11.3 Å². The van der Waals surface area contributed by atoms with Gasteiger partial charge >= 0.3 is 0 Å². The number of nitrogens with zero attached hydrogens (tertiary/aromatic N) is 4. The van der Waals surface area contributed by atoms with Gasteiger partial charge in [0.2, 0.25) is 5.89 Å². The molecule has 194 valence electrons. The van der Waals surface area contributed by atoms with Crippen molar-refractivity contribution in [1.82, 2.24) is 20.2 Å². The van der Waals surface area contributed by atoms with Crippen molar-refractivity contribution in [2.24, 2.45) is 0 Å². The van der Waals surface area contributed by atoms with Crippen molar-refractivity contribution in [3.8, 4) is 39.2 Å². The molecular weight excluding hydrogens is 502 g/mol. The van der Waals surface area contributed by atoms with Gasteiger partial charge in [-0.25, -0.2) is 9.97 Å². The molecule has 0 saturated carbocycles. The molecule has 0 spiro atoms. The molecule has 39 heavy (non-hydrogen) atoms. The Hall–Kier alpha value is -3.83. The average molecular weight is 532 g/mol. The lowest BCUT2D eigenvalue weighted by atomic mass is 9.91. The fraction of sp³-hybridized carbons (Fsp3) is 0.281. The molecule has 3 aromatic carbocycles. The van der Waals surface area contributed by atoms with Crippen LogP contribution in [0.2, 0.25) is 0 Å². The van der Waals surface area contributed by atoms with E-state index in [4.69, 9.17) is 14.4 Å². The number of nitriles is 1. The molecule has 7 rings (SSSR count). The van der Waals surface area contributed by atoms with Crippen LogP contribution in [0.25, 0.3) is 44.3 Å². The summed E-state index contributed by atoms with van der Waals surface area (Å²) in [4.78, 5) is 13.6. The second-order valence-electron chi connectivity index (χ2n) is 10.6. The minimum Gasteiger partial charge on any atom is -0.435 e. The number of hydrogen-bond donors (Lipinski definition) is 1. The quantitative estimate of drug-likeness (QED) is 0.264. The SMILES string of the molecule is Cc1c(-c2nc3cc(CN4CCCC4)cc(C#N)c3o2)cccc1-c1cccc(-c2nc3c(s2)CNC3)c1C. The normalized spacial score (nSPS) is 15.2. The van der Waals surface area contributed by atoms with E-state index in [2.05, 4.69) is 72.6 Å². The minimum absolute atomic E-state index is 0.545. The van der Waals surface area contributed by atoms with Crippen LogP contribution in [-0.4, -0.2) is 28.0 Å². The third-order valence-electron chi connectivity index (χ3n) is 8.05. The number of oxazole rings is 1. The van der Waals surface area contributed by atoms with Crippen LogP contribution < -0.4 is 5.32 Å². The Balaban J connectivity index is 1.28. The molecule has 1 saturated heterocycles. The summed E-state index contributed by atoms with van der Waals surface area (Å²) >= 11 is 1.79. The first-order valence-electron chi connectivity index (χ1n) is 13.5. The average Bonchev–Trinajstić information content (AvgIpc) is 3.73. The highest BCUT2D eigenvalue weighted by atomic mass is 32.1. The molecule has 0 bridgehead atoms. The summed E-state index contributed by atoms with van der Waals surface area (Å²) in [5.74, 6) is 0.553. The number of hydrogen-bond acceptors (Lipinski definition) is 7. The van der Waals surface area contributed by atoms with Gasteiger partial charge in [-0.2, -0.15) is 5.26 Å². The Labute approximate surface area is 231 Å². The van der Waals surface area contributed by atoms with E-state index in [-0.39, 0.29) is 0 Å². The predicted octanol–water partition coefficient (Wildman–Crippen LogP) is 6.97. The maximum Gasteiger partial charge on any atom is 0.227 e. The van der Waals surface area contributed by atoms with Gasteiger partial charge in [-0.05, 0) is 85.8 Å². The van der Waals surface area contributed by atoms with Gasteiger partial charge < -0.3 is 9.73 Å². The Morgan fingerprint density at radius 1 is 0.949 bits per heavy atom. The van der Waals surface area contributed by atoms with E-state index in [0.29, 0.717) is 17.0 Å². The van der Waals surface area contributed by atoms with E-state index in [1.165, 1.54) is 40.1 Å². The molecule has 0 amide bonds. The molecule has 4 heterocycles. The summed E-state index contributed by atoms with van der Waals surface area (Å²) in [5.41, 5.74) is 10.9. The zero-order valence-electron chi connectivity index (χ0n) is 22.2. The highest BCUT2D eigenvalue weighted by Gasteiger charge is 2.21. The van der Waals surface area contributed by atoms with E-state index < -0.39 is 0 Å². The van der Waals surface area contributed by atoms with Crippen molar-refractivity contribution in [1.29, 1.82) is 5.26 Å². The van der Waals surface area contributed by atoms with Gasteiger partial charge in [0.15, 0.2) is 5.58 Å². The molecule has 0 radical (unpaired) electrons. The number of rotatable bonds is 5. The molecule has 2 aliphatic heterocycles. The van der Waals surface area contributed by atoms with Crippen LogP contribution in [0.3, 0.4) is 0 Å². The Morgan fingerprint density at radius 2 is 1.67 bits per heavy atom. The molecule has 7 heteroatoms. The van der Waals surface area contributed by atoms with Gasteiger partial charge in [0.25, 0.3) is 0 Å². The predicted molar refractivity (Wildman–Crippen MR) is 155 cm³/mol. The lowest BCUT2D eigenvalue weighted by molar-refractivity contribution is 0.331. The van der Waals surface area contributed by atoms with Crippen molar-refractivity contribution >= 4 is 22.4 Å². The van der Waals surface area contributed by atoms with Crippen LogP contribution in [0.4, 0.5) is 0 Å². The second kappa shape index (κ2) is 9.73. The fourth-order valence-corrected chi connectivity index (χ4v) is 7.10. The van der Waals surface area contributed by atoms with Crippen molar-refractivity contribution in [3.05, 3.63) is 81.4 Å². The number of aromatic nitrogens is 2. The number of thiazole rings is 1. The second-order valence-corrected chi connectivity index (χ2v) is 11.6. The van der Waals surface area contributed by atoms with Crippen molar-refractivity contribution in [2.45, 2.75) is 46.3 Å². The topological polar surface area (TPSA) is 78.0 Å². The van der Waals surface area contributed by atoms with Gasteiger partial charge in [-0.3, -0.25) is 4.90 Å². The molecule has 2 aliphatic rings. The van der Waals surface area contributed by atoms with Crippen LogP contribution in [0.15, 0.2) is 52.9 Å². The molecular formula is C32H29N5OS. The number of nitrogens with one attached hydrogen (secondary N) is 1. The number of benzene rings is 3. The van der Waals surface area contributed by atoms with Crippen LogP contribution in [0.5, 0.6) is 0 Å². The summed E-state index contributed by atoms with van der Waals surface area (Å²) < 4.78 is 6.27. The summed E-state index contributed by atoms with van der Waals surface area (Å²) in [7, 11) is 0. The third-order valence-corrected chi connectivity index (χ3v) is 9.18. The maximum absolute atomic E-state index is 9.88. The summed E-state index contributed by atoms with van der Waals surface area (Å²) in [5, 5.41) is 14.3. The largest absolute Gasteiger partial charge is 0.435 e. The van der Waals surface area contributed by atoms with Crippen LogP contribution >= 0.6 is 11.3 Å². The van der Waals surface area contributed by atoms with Crippen LogP contribution in [-0.2, 0) is 19.6 Å². The number of fused-ring (bicyclic) bond motifs is 2. The Morgan fingerprint density at radius 3 is 2.41 bits per heavy atom. The van der Waals surface area contributed by atoms with Gasteiger partial charge in [0.1, 0.15) is 16.6 Å². The van der Waals surface area contributed by atoms with Gasteiger partial charge in [-0.15, -0.1) is 11.3 Å². The van der Waals surface area contributed by atoms with E-state index in [1.54, 1.807) is 11.3 Å². The third kappa shape index (κ3) is 4.25. The monoisotopic (exact) mass is 531 g/mol. The molecule has 1 N–H and O–H groups in total. The summed E-state index contributed by atoms with van der Waals surface area (Å²) in [6, 6.07) is 19.1. The fourth-order valence-electron chi connectivity index (χ4n) is 5.97. The molecule has 1 fully saturated rings. The van der Waals surface area contributed by atoms with E-state index >= 15 is 0 Å². The van der Waals surface area contributed by atoms with E-state index in [0.717, 1.165) is 65.5 Å². The molecule has 2 aromatic heterocycles. The molecule has 0 unspecified atom stereocenters. The van der Waals surface area contributed by atoms with E-state index in [1.807, 2.05) is 6.07 Å². The minimum atomic E-state index is 0.545. The van der Waals surface area contributed by atoms with Crippen molar-refractivity contribution < 1.29 is 4.42 Å². The smallest absolute Gasteiger partial charge is 0.227 e. The van der Waals surface area contributed by atoms with Crippen LogP contribution in [0.1, 0.15) is 45.7 Å². The first kappa shape index (κ1) is 24.2. The Bertz CT molecular complexity index is 1750. The summed E-state index contributed by atoms with van der Waals surface area (Å²) in [6.07, 6.45) is 2.48.